The number of aliphatic hydroxyl groups excluding tert-OH is 1. The van der Waals surface area contributed by atoms with Gasteiger partial charge in [0.2, 0.25) is 0 Å². The van der Waals surface area contributed by atoms with E-state index >= 15 is 0 Å². The van der Waals surface area contributed by atoms with Crippen molar-refractivity contribution < 1.29 is 9.52 Å². The van der Waals surface area contributed by atoms with Gasteiger partial charge >= 0.3 is 0 Å². The van der Waals surface area contributed by atoms with E-state index in [9.17, 15) is 5.11 Å². The van der Waals surface area contributed by atoms with Gasteiger partial charge in [-0.05, 0) is 38.1 Å². The van der Waals surface area contributed by atoms with Crippen LogP contribution >= 0.6 is 0 Å². The number of furan rings is 1. The molecule has 1 aliphatic rings. The number of likely N-dealkylation sites (tertiary alicyclic amines) is 1. The molecule has 0 bridgehead atoms. The molecule has 0 aliphatic carbocycles. The molecule has 1 saturated heterocycles. The first-order chi connectivity index (χ1) is 6.36. The molecule has 1 N–H and O–H groups in total. The zero-order valence-corrected chi connectivity index (χ0v) is 7.65. The average molecular weight is 181 g/mol. The number of aliphatic hydroxyl groups is 1. The van der Waals surface area contributed by atoms with Crippen molar-refractivity contribution in [3.63, 3.8) is 0 Å². The summed E-state index contributed by atoms with van der Waals surface area (Å²) in [6, 6.07) is 3.63. The summed E-state index contributed by atoms with van der Waals surface area (Å²) >= 11 is 0. The molecule has 3 heteroatoms. The molecule has 2 heterocycles. The van der Waals surface area contributed by atoms with E-state index in [-0.39, 0.29) is 0 Å². The van der Waals surface area contributed by atoms with Gasteiger partial charge in [-0.1, -0.05) is 0 Å². The number of rotatable bonds is 3. The van der Waals surface area contributed by atoms with E-state index in [0.717, 1.165) is 13.1 Å². The third-order valence-electron chi connectivity index (χ3n) is 2.50. The summed E-state index contributed by atoms with van der Waals surface area (Å²) in [5, 5.41) is 9.73. The highest BCUT2D eigenvalue weighted by molar-refractivity contribution is 5.02. The third kappa shape index (κ3) is 2.11. The molecule has 1 fully saturated rings. The fourth-order valence-corrected chi connectivity index (χ4v) is 1.78. The maximum Gasteiger partial charge on any atom is 0.133 e. The first-order valence-electron chi connectivity index (χ1n) is 4.80. The molecule has 0 saturated carbocycles. The highest BCUT2D eigenvalue weighted by atomic mass is 16.4. The SMILES string of the molecule is OC(CN1CCCC1)c1ccco1. The molecular formula is C10H15NO2. The molecule has 1 atom stereocenters. The molecule has 13 heavy (non-hydrogen) atoms. The van der Waals surface area contributed by atoms with Crippen molar-refractivity contribution in [2.75, 3.05) is 19.6 Å². The quantitative estimate of drug-likeness (QED) is 0.766. The van der Waals surface area contributed by atoms with Gasteiger partial charge in [0.05, 0.1) is 6.26 Å². The second-order valence-electron chi connectivity index (χ2n) is 3.54. The van der Waals surface area contributed by atoms with Crippen LogP contribution in [-0.4, -0.2) is 29.6 Å². The van der Waals surface area contributed by atoms with Crippen molar-refractivity contribution in [3.8, 4) is 0 Å². The predicted molar refractivity (Wildman–Crippen MR) is 49.3 cm³/mol. The molecule has 1 aromatic rings. The summed E-state index contributed by atoms with van der Waals surface area (Å²) < 4.78 is 5.13. The van der Waals surface area contributed by atoms with Crippen LogP contribution in [0.2, 0.25) is 0 Å². The lowest BCUT2D eigenvalue weighted by Crippen LogP contribution is -2.25. The molecule has 1 aromatic heterocycles. The van der Waals surface area contributed by atoms with Crippen molar-refractivity contribution in [1.29, 1.82) is 0 Å². The fourth-order valence-electron chi connectivity index (χ4n) is 1.78. The summed E-state index contributed by atoms with van der Waals surface area (Å²) in [4.78, 5) is 2.27. The van der Waals surface area contributed by atoms with Crippen LogP contribution in [0.5, 0.6) is 0 Å². The minimum absolute atomic E-state index is 0.465. The Balaban J connectivity index is 1.87. The summed E-state index contributed by atoms with van der Waals surface area (Å²) in [5.74, 6) is 0.673. The lowest BCUT2D eigenvalue weighted by Gasteiger charge is -2.17. The summed E-state index contributed by atoms with van der Waals surface area (Å²) in [5.41, 5.74) is 0. The van der Waals surface area contributed by atoms with Crippen LogP contribution in [0.25, 0.3) is 0 Å². The van der Waals surface area contributed by atoms with E-state index in [2.05, 4.69) is 4.90 Å². The minimum atomic E-state index is -0.465. The Kier molecular flexibility index (Phi) is 2.66. The van der Waals surface area contributed by atoms with Crippen LogP contribution in [0.15, 0.2) is 22.8 Å². The van der Waals surface area contributed by atoms with Gasteiger partial charge in [0, 0.05) is 6.54 Å². The van der Waals surface area contributed by atoms with E-state index < -0.39 is 6.10 Å². The van der Waals surface area contributed by atoms with Crippen LogP contribution in [0.1, 0.15) is 24.7 Å². The fraction of sp³-hybridized carbons (Fsp3) is 0.600. The Morgan fingerprint density at radius 1 is 1.46 bits per heavy atom. The summed E-state index contributed by atoms with van der Waals surface area (Å²) in [6.45, 7) is 2.92. The lowest BCUT2D eigenvalue weighted by atomic mass is 10.2. The predicted octanol–water partition coefficient (Wildman–Crippen LogP) is 1.41. The monoisotopic (exact) mass is 181 g/mol. The Hall–Kier alpha value is -0.800. The molecule has 1 aliphatic heterocycles. The normalized spacial score (nSPS) is 20.7. The third-order valence-corrected chi connectivity index (χ3v) is 2.50. The first kappa shape index (κ1) is 8.78. The van der Waals surface area contributed by atoms with E-state index in [0.29, 0.717) is 12.3 Å². The number of hydrogen-bond acceptors (Lipinski definition) is 3. The Bertz CT molecular complexity index is 239. The van der Waals surface area contributed by atoms with Gasteiger partial charge in [0.15, 0.2) is 0 Å². The molecule has 2 rings (SSSR count). The number of nitrogens with zero attached hydrogens (tertiary/aromatic N) is 1. The molecular weight excluding hydrogens is 166 g/mol. The molecule has 1 unspecified atom stereocenters. The molecule has 0 radical (unpaired) electrons. The minimum Gasteiger partial charge on any atom is -0.467 e. The largest absolute Gasteiger partial charge is 0.467 e. The maximum absolute atomic E-state index is 9.73. The van der Waals surface area contributed by atoms with Crippen molar-refractivity contribution in [3.05, 3.63) is 24.2 Å². The van der Waals surface area contributed by atoms with Crippen molar-refractivity contribution in [2.24, 2.45) is 0 Å². The van der Waals surface area contributed by atoms with Crippen molar-refractivity contribution in [2.45, 2.75) is 18.9 Å². The van der Waals surface area contributed by atoms with Crippen molar-refractivity contribution >= 4 is 0 Å². The van der Waals surface area contributed by atoms with Gasteiger partial charge in [-0.15, -0.1) is 0 Å². The highest BCUT2D eigenvalue weighted by Gasteiger charge is 2.18. The zero-order valence-electron chi connectivity index (χ0n) is 7.65. The second-order valence-corrected chi connectivity index (χ2v) is 3.54. The molecule has 0 amide bonds. The van der Waals surface area contributed by atoms with E-state index in [4.69, 9.17) is 4.42 Å². The summed E-state index contributed by atoms with van der Waals surface area (Å²) in [6.07, 6.45) is 3.64. The van der Waals surface area contributed by atoms with Gasteiger partial charge in [0.25, 0.3) is 0 Å². The van der Waals surface area contributed by atoms with Crippen LogP contribution in [0, 0.1) is 0 Å². The van der Waals surface area contributed by atoms with Gasteiger partial charge in [-0.25, -0.2) is 0 Å². The van der Waals surface area contributed by atoms with Crippen LogP contribution in [-0.2, 0) is 0 Å². The van der Waals surface area contributed by atoms with Crippen LogP contribution < -0.4 is 0 Å². The van der Waals surface area contributed by atoms with Crippen LogP contribution in [0.3, 0.4) is 0 Å². The van der Waals surface area contributed by atoms with Crippen molar-refractivity contribution in [1.82, 2.24) is 4.90 Å². The van der Waals surface area contributed by atoms with Gasteiger partial charge in [-0.2, -0.15) is 0 Å². The van der Waals surface area contributed by atoms with Gasteiger partial charge < -0.3 is 14.4 Å². The average Bonchev–Trinajstić information content (AvgIpc) is 2.74. The molecule has 0 spiro atoms. The van der Waals surface area contributed by atoms with Crippen LogP contribution in [0.4, 0.5) is 0 Å². The van der Waals surface area contributed by atoms with E-state index in [1.807, 2.05) is 12.1 Å². The topological polar surface area (TPSA) is 36.6 Å². The van der Waals surface area contributed by atoms with Gasteiger partial charge in [-0.3, -0.25) is 0 Å². The zero-order chi connectivity index (χ0) is 9.10. The first-order valence-corrected chi connectivity index (χ1v) is 4.80. The number of hydrogen-bond donors (Lipinski definition) is 1. The Morgan fingerprint density at radius 2 is 2.23 bits per heavy atom. The van der Waals surface area contributed by atoms with E-state index in [1.54, 1.807) is 6.26 Å². The molecule has 0 aromatic carbocycles. The lowest BCUT2D eigenvalue weighted by molar-refractivity contribution is 0.105. The van der Waals surface area contributed by atoms with Gasteiger partial charge in [0.1, 0.15) is 11.9 Å². The van der Waals surface area contributed by atoms with E-state index in [1.165, 1.54) is 12.8 Å². The second kappa shape index (κ2) is 3.94. The standard InChI is InChI=1S/C10H15NO2/c12-9(10-4-3-7-13-10)8-11-5-1-2-6-11/h3-4,7,9,12H,1-2,5-6,8H2. The summed E-state index contributed by atoms with van der Waals surface area (Å²) in [7, 11) is 0. The number of β-amino-alcohol motifs (C(OH)–C–C–N with tert-alkyl or cyclic N) is 1. The molecule has 72 valence electrons. The smallest absolute Gasteiger partial charge is 0.133 e. The Labute approximate surface area is 78.0 Å². The maximum atomic E-state index is 9.73. The molecule has 3 nitrogen and oxygen atoms in total. The highest BCUT2D eigenvalue weighted by Crippen LogP contribution is 2.17. The Morgan fingerprint density at radius 3 is 2.85 bits per heavy atom.